The van der Waals surface area contributed by atoms with Crippen molar-refractivity contribution in [1.82, 2.24) is 0 Å². The molecule has 17 heavy (non-hydrogen) atoms. The summed E-state index contributed by atoms with van der Waals surface area (Å²) in [4.78, 5) is -0.0337. The van der Waals surface area contributed by atoms with Gasteiger partial charge in [-0.05, 0) is 30.7 Å². The summed E-state index contributed by atoms with van der Waals surface area (Å²) in [5, 5.41) is 5.05. The molecule has 6 heteroatoms. The number of nitrogens with two attached hydrogens (primary N) is 1. The zero-order valence-electron chi connectivity index (χ0n) is 9.71. The van der Waals surface area contributed by atoms with Crippen molar-refractivity contribution in [3.05, 3.63) is 30.0 Å². The van der Waals surface area contributed by atoms with E-state index in [-0.39, 0.29) is 10.6 Å². The highest BCUT2D eigenvalue weighted by atomic mass is 32.2. The molecular formula is C11H15NO4S. The van der Waals surface area contributed by atoms with Crippen molar-refractivity contribution in [2.45, 2.75) is 11.8 Å². The molecular weight excluding hydrogens is 242 g/mol. The third kappa shape index (κ3) is 3.76. The van der Waals surface area contributed by atoms with Crippen LogP contribution in [0, 0.1) is 0 Å². The van der Waals surface area contributed by atoms with Gasteiger partial charge in [0.2, 0.25) is 10.0 Å². The highest BCUT2D eigenvalue weighted by Gasteiger charge is 2.14. The molecule has 0 aromatic heterocycles. The number of hydrogen-bond acceptors (Lipinski definition) is 4. The Balaban J connectivity index is 3.09. The van der Waals surface area contributed by atoms with Crippen molar-refractivity contribution >= 4 is 16.1 Å². The Morgan fingerprint density at radius 3 is 2.65 bits per heavy atom. The molecule has 1 rings (SSSR count). The predicted octanol–water partition coefficient (Wildman–Crippen LogP) is 1.35. The van der Waals surface area contributed by atoms with Gasteiger partial charge in [0, 0.05) is 0 Å². The van der Waals surface area contributed by atoms with Gasteiger partial charge in [0.1, 0.15) is 10.6 Å². The molecule has 0 aliphatic carbocycles. The summed E-state index contributed by atoms with van der Waals surface area (Å²) in [5.41, 5.74) is 0.766. The van der Waals surface area contributed by atoms with Crippen molar-refractivity contribution in [3.63, 3.8) is 0 Å². The van der Waals surface area contributed by atoms with Crippen molar-refractivity contribution in [2.75, 3.05) is 13.7 Å². The van der Waals surface area contributed by atoms with Crippen LogP contribution in [0.4, 0.5) is 0 Å². The minimum atomic E-state index is -3.77. The van der Waals surface area contributed by atoms with Crippen LogP contribution in [0.2, 0.25) is 0 Å². The van der Waals surface area contributed by atoms with Crippen LogP contribution in [0.25, 0.3) is 6.08 Å². The molecule has 1 aromatic rings. The molecule has 0 saturated heterocycles. The Kier molecular flexibility index (Phi) is 4.53. The maximum absolute atomic E-state index is 11.2. The van der Waals surface area contributed by atoms with Gasteiger partial charge < -0.3 is 9.47 Å². The first-order valence-corrected chi connectivity index (χ1v) is 6.52. The molecule has 0 aliphatic rings. The number of hydrogen-bond donors (Lipinski definition) is 1. The van der Waals surface area contributed by atoms with Gasteiger partial charge in [0.15, 0.2) is 0 Å². The maximum atomic E-state index is 11.2. The fourth-order valence-electron chi connectivity index (χ4n) is 1.25. The summed E-state index contributed by atoms with van der Waals surface area (Å²) in [6.45, 7) is 2.44. The SMILES string of the molecule is CCO/C=C/c1ccc(S(N)(=O)=O)c(OC)c1. The Morgan fingerprint density at radius 1 is 1.41 bits per heavy atom. The highest BCUT2D eigenvalue weighted by Crippen LogP contribution is 2.24. The third-order valence-corrected chi connectivity index (χ3v) is 2.97. The van der Waals surface area contributed by atoms with E-state index in [0.717, 1.165) is 5.56 Å². The van der Waals surface area contributed by atoms with Gasteiger partial charge in [0.05, 0.1) is 20.0 Å². The van der Waals surface area contributed by atoms with Crippen LogP contribution in [-0.2, 0) is 14.8 Å². The molecule has 0 saturated carbocycles. The fourth-order valence-corrected chi connectivity index (χ4v) is 1.93. The molecule has 1 aromatic carbocycles. The zero-order chi connectivity index (χ0) is 12.9. The van der Waals surface area contributed by atoms with Crippen LogP contribution in [-0.4, -0.2) is 22.1 Å². The molecule has 0 bridgehead atoms. The largest absolute Gasteiger partial charge is 0.501 e. The Labute approximate surface area is 101 Å². The number of benzene rings is 1. The minimum Gasteiger partial charge on any atom is -0.501 e. The molecule has 0 heterocycles. The van der Waals surface area contributed by atoms with Gasteiger partial charge in [-0.1, -0.05) is 6.07 Å². The molecule has 94 valence electrons. The normalized spacial score (nSPS) is 11.7. The second-order valence-electron chi connectivity index (χ2n) is 3.21. The molecule has 5 nitrogen and oxygen atoms in total. The second kappa shape index (κ2) is 5.70. The Bertz CT molecular complexity index is 508. The molecule has 0 fully saturated rings. The third-order valence-electron chi connectivity index (χ3n) is 2.02. The average Bonchev–Trinajstić information content (AvgIpc) is 2.28. The van der Waals surface area contributed by atoms with E-state index >= 15 is 0 Å². The van der Waals surface area contributed by atoms with E-state index in [9.17, 15) is 8.42 Å². The van der Waals surface area contributed by atoms with E-state index < -0.39 is 10.0 Å². The molecule has 0 radical (unpaired) electrons. The van der Waals surface area contributed by atoms with E-state index in [0.29, 0.717) is 6.61 Å². The number of methoxy groups -OCH3 is 1. The number of rotatable bonds is 5. The Morgan fingerprint density at radius 2 is 2.12 bits per heavy atom. The van der Waals surface area contributed by atoms with Gasteiger partial charge in [-0.25, -0.2) is 13.6 Å². The summed E-state index contributed by atoms with van der Waals surface area (Å²) in [6, 6.07) is 4.60. The standard InChI is InChI=1S/C11H15NO4S/c1-3-16-7-6-9-4-5-11(17(12,13)14)10(8-9)15-2/h4-8H,3H2,1-2H3,(H2,12,13,14)/b7-6+. The van der Waals surface area contributed by atoms with Gasteiger partial charge in [-0.3, -0.25) is 0 Å². The van der Waals surface area contributed by atoms with Crippen LogP contribution in [0.15, 0.2) is 29.4 Å². The number of primary sulfonamides is 1. The van der Waals surface area contributed by atoms with Crippen molar-refractivity contribution in [2.24, 2.45) is 5.14 Å². The summed E-state index contributed by atoms with van der Waals surface area (Å²) in [5.74, 6) is 0.214. The summed E-state index contributed by atoms with van der Waals surface area (Å²) < 4.78 is 32.5. The van der Waals surface area contributed by atoms with Crippen LogP contribution in [0.1, 0.15) is 12.5 Å². The first-order valence-electron chi connectivity index (χ1n) is 4.98. The lowest BCUT2D eigenvalue weighted by molar-refractivity contribution is 0.272. The van der Waals surface area contributed by atoms with Crippen LogP contribution >= 0.6 is 0 Å². The smallest absolute Gasteiger partial charge is 0.241 e. The first kappa shape index (κ1) is 13.5. The summed E-state index contributed by atoms with van der Waals surface area (Å²) >= 11 is 0. The molecule has 0 atom stereocenters. The first-order chi connectivity index (χ1) is 7.99. The van der Waals surface area contributed by atoms with E-state index in [4.69, 9.17) is 14.6 Å². The van der Waals surface area contributed by atoms with Crippen LogP contribution in [0.3, 0.4) is 0 Å². The molecule has 0 amide bonds. The second-order valence-corrected chi connectivity index (χ2v) is 4.74. The Hall–Kier alpha value is -1.53. The van der Waals surface area contributed by atoms with Gasteiger partial charge >= 0.3 is 0 Å². The molecule has 0 unspecified atom stereocenters. The van der Waals surface area contributed by atoms with E-state index in [1.165, 1.54) is 19.4 Å². The fraction of sp³-hybridized carbons (Fsp3) is 0.273. The number of ether oxygens (including phenoxy) is 2. The number of sulfonamides is 1. The van der Waals surface area contributed by atoms with Crippen LogP contribution < -0.4 is 9.88 Å². The van der Waals surface area contributed by atoms with Crippen molar-refractivity contribution in [1.29, 1.82) is 0 Å². The van der Waals surface area contributed by atoms with E-state index in [2.05, 4.69) is 0 Å². The minimum absolute atomic E-state index is 0.0337. The van der Waals surface area contributed by atoms with Crippen LogP contribution in [0.5, 0.6) is 5.75 Å². The quantitative estimate of drug-likeness (QED) is 0.807. The lowest BCUT2D eigenvalue weighted by Crippen LogP contribution is -2.13. The molecule has 0 spiro atoms. The van der Waals surface area contributed by atoms with Gasteiger partial charge in [0.25, 0.3) is 0 Å². The average molecular weight is 257 g/mol. The van der Waals surface area contributed by atoms with Gasteiger partial charge in [-0.2, -0.15) is 0 Å². The van der Waals surface area contributed by atoms with Crippen molar-refractivity contribution < 1.29 is 17.9 Å². The van der Waals surface area contributed by atoms with Gasteiger partial charge in [-0.15, -0.1) is 0 Å². The maximum Gasteiger partial charge on any atom is 0.241 e. The molecule has 2 N–H and O–H groups in total. The predicted molar refractivity (Wildman–Crippen MR) is 65.0 cm³/mol. The monoisotopic (exact) mass is 257 g/mol. The van der Waals surface area contributed by atoms with E-state index in [1.54, 1.807) is 18.2 Å². The lowest BCUT2D eigenvalue weighted by atomic mass is 10.2. The summed E-state index contributed by atoms with van der Waals surface area (Å²) in [7, 11) is -2.38. The lowest BCUT2D eigenvalue weighted by Gasteiger charge is -2.07. The van der Waals surface area contributed by atoms with E-state index in [1.807, 2.05) is 6.92 Å². The van der Waals surface area contributed by atoms with Crippen molar-refractivity contribution in [3.8, 4) is 5.75 Å². The molecule has 0 aliphatic heterocycles. The topological polar surface area (TPSA) is 78.6 Å². The highest BCUT2D eigenvalue weighted by molar-refractivity contribution is 7.89. The summed E-state index contributed by atoms with van der Waals surface area (Å²) in [6.07, 6.45) is 3.24. The zero-order valence-corrected chi connectivity index (χ0v) is 10.5.